The van der Waals surface area contributed by atoms with Crippen LogP contribution < -0.4 is 10.0 Å². The number of rotatable bonds is 9. The number of nitro benzene ring substituents is 1. The molecule has 0 spiro atoms. The van der Waals surface area contributed by atoms with Crippen LogP contribution in [0.2, 0.25) is 5.02 Å². The van der Waals surface area contributed by atoms with Gasteiger partial charge in [-0.1, -0.05) is 32.4 Å². The van der Waals surface area contributed by atoms with Crippen LogP contribution in [0.1, 0.15) is 31.9 Å². The van der Waals surface area contributed by atoms with Crippen LogP contribution in [0.25, 0.3) is 0 Å². The van der Waals surface area contributed by atoms with Gasteiger partial charge in [-0.25, -0.2) is 9.32 Å². The number of aliphatic hydroxyl groups is 1. The Morgan fingerprint density at radius 3 is 2.37 bits per heavy atom. The van der Waals surface area contributed by atoms with Crippen molar-refractivity contribution in [2.24, 2.45) is 5.41 Å². The second-order valence-electron chi connectivity index (χ2n) is 8.02. The molecular weight excluding hydrogens is 534 g/mol. The maximum atomic E-state index is 12.9. The number of nitrogens with zero attached hydrogens (tertiary/aromatic N) is 1. The highest BCUT2D eigenvalue weighted by Gasteiger charge is 2.43. The van der Waals surface area contributed by atoms with E-state index in [1.165, 1.54) is 13.8 Å². The van der Waals surface area contributed by atoms with Gasteiger partial charge in [0.1, 0.15) is 11.5 Å². The molecule has 2 unspecified atom stereocenters. The summed E-state index contributed by atoms with van der Waals surface area (Å²) >= 11 is 9.96. The minimum Gasteiger partial charge on any atom is -0.455 e. The van der Waals surface area contributed by atoms with Gasteiger partial charge in [0.05, 0.1) is 15.5 Å². The highest BCUT2D eigenvalue weighted by atomic mass is 35.5. The zero-order chi connectivity index (χ0) is 26.7. The summed E-state index contributed by atoms with van der Waals surface area (Å²) < 4.78 is 61.9. The molecule has 2 atom stereocenters. The van der Waals surface area contributed by atoms with Crippen LogP contribution in [0.3, 0.4) is 0 Å². The molecular formula is C21H21ClF3NO7PS+. The van der Waals surface area contributed by atoms with Gasteiger partial charge in [-0.2, -0.15) is 25.8 Å². The first-order valence-corrected chi connectivity index (χ1v) is 12.1. The molecule has 190 valence electrons. The van der Waals surface area contributed by atoms with Gasteiger partial charge in [0.25, 0.3) is 0 Å². The highest BCUT2D eigenvalue weighted by Crippen LogP contribution is 2.39. The lowest BCUT2D eigenvalue weighted by molar-refractivity contribution is -0.383. The number of carbonyl (C=O) groups is 1. The fraction of sp³-hybridized carbons (Fsp3) is 0.381. The van der Waals surface area contributed by atoms with E-state index >= 15 is 0 Å². The summed E-state index contributed by atoms with van der Waals surface area (Å²) in [4.78, 5) is 23.0. The zero-order valence-electron chi connectivity index (χ0n) is 18.6. The lowest BCUT2D eigenvalue weighted by Gasteiger charge is -2.24. The molecule has 8 nitrogen and oxygen atoms in total. The molecule has 0 aliphatic carbocycles. The molecule has 0 fully saturated rings. The number of nitro groups is 1. The summed E-state index contributed by atoms with van der Waals surface area (Å²) in [6, 6.07) is 4.42. The predicted molar refractivity (Wildman–Crippen MR) is 126 cm³/mol. The second-order valence-corrected chi connectivity index (χ2v) is 9.92. The number of alkyl halides is 3. The van der Waals surface area contributed by atoms with Gasteiger partial charge in [-0.3, -0.25) is 10.1 Å². The van der Waals surface area contributed by atoms with Crippen molar-refractivity contribution in [3.05, 3.63) is 56.6 Å². The topological polar surface area (TPSA) is 116 Å². The number of ether oxygens (including phenoxy) is 1. The number of hydrogen-bond donors (Lipinski definition) is 2. The first kappa shape index (κ1) is 28.8. The van der Waals surface area contributed by atoms with Crippen LogP contribution in [-0.4, -0.2) is 27.9 Å². The summed E-state index contributed by atoms with van der Waals surface area (Å²) in [6.45, 7) is 4.66. The number of thiol groups is 1. The summed E-state index contributed by atoms with van der Waals surface area (Å²) in [5, 5.41) is 20.8. The Bertz CT molecular complexity index is 1160. The number of hydrogen-bond acceptors (Lipinski definition) is 8. The zero-order valence-corrected chi connectivity index (χ0v) is 21.2. The van der Waals surface area contributed by atoms with E-state index in [1.54, 1.807) is 6.92 Å². The average Bonchev–Trinajstić information content (AvgIpc) is 2.78. The van der Waals surface area contributed by atoms with Crippen molar-refractivity contribution < 1.29 is 41.8 Å². The van der Waals surface area contributed by atoms with E-state index < -0.39 is 53.2 Å². The molecule has 2 rings (SSSR count). The fourth-order valence-electron chi connectivity index (χ4n) is 2.73. The van der Waals surface area contributed by atoms with Gasteiger partial charge in [-0.15, -0.1) is 0 Å². The van der Waals surface area contributed by atoms with Crippen molar-refractivity contribution in [1.29, 1.82) is 0 Å². The summed E-state index contributed by atoms with van der Waals surface area (Å²) in [7, 11) is -3.18. The normalized spacial score (nSPS) is 13.2. The molecule has 0 aromatic heterocycles. The maximum absolute atomic E-state index is 12.9. The first-order valence-electron chi connectivity index (χ1n) is 9.96. The molecule has 35 heavy (non-hydrogen) atoms. The quantitative estimate of drug-likeness (QED) is 0.173. The molecule has 0 aliphatic rings. The van der Waals surface area contributed by atoms with Crippen molar-refractivity contribution in [1.82, 2.24) is 0 Å². The molecule has 0 radical (unpaired) electrons. The van der Waals surface area contributed by atoms with Crippen molar-refractivity contribution >= 4 is 49.2 Å². The molecule has 0 amide bonds. The van der Waals surface area contributed by atoms with Crippen molar-refractivity contribution in [2.75, 3.05) is 5.75 Å². The molecule has 0 bridgehead atoms. The number of halogens is 4. The van der Waals surface area contributed by atoms with Crippen LogP contribution >= 0.6 is 32.3 Å². The molecule has 0 aliphatic heterocycles. The largest absolute Gasteiger partial charge is 0.607 e. The van der Waals surface area contributed by atoms with Crippen LogP contribution in [0.4, 0.5) is 18.9 Å². The Morgan fingerprint density at radius 2 is 1.89 bits per heavy atom. The van der Waals surface area contributed by atoms with Crippen LogP contribution in [0.5, 0.6) is 11.5 Å². The van der Waals surface area contributed by atoms with Gasteiger partial charge in [0.2, 0.25) is 0 Å². The summed E-state index contributed by atoms with van der Waals surface area (Å²) in [5.41, 5.74) is -2.43. The third-order valence-corrected chi connectivity index (χ3v) is 7.16. The van der Waals surface area contributed by atoms with Gasteiger partial charge in [-0.05, 0) is 34.9 Å². The Balaban J connectivity index is 2.48. The number of carbonyl (C=O) groups excluding carboxylic acids is 1. The van der Waals surface area contributed by atoms with E-state index in [1.807, 2.05) is 0 Å². The lowest BCUT2D eigenvalue weighted by atomic mass is 9.89. The van der Waals surface area contributed by atoms with E-state index in [4.69, 9.17) is 20.9 Å². The molecule has 2 aromatic carbocycles. The predicted octanol–water partition coefficient (Wildman–Crippen LogP) is 5.85. The monoisotopic (exact) mass is 554 g/mol. The molecule has 0 heterocycles. The van der Waals surface area contributed by atoms with Gasteiger partial charge >= 0.3 is 31.2 Å². The van der Waals surface area contributed by atoms with Crippen molar-refractivity contribution in [3.8, 4) is 11.5 Å². The maximum Gasteiger partial charge on any atom is 0.607 e. The highest BCUT2D eigenvalue weighted by molar-refractivity contribution is 7.80. The van der Waals surface area contributed by atoms with E-state index in [2.05, 4.69) is 12.6 Å². The third kappa shape index (κ3) is 6.84. The smallest absolute Gasteiger partial charge is 0.455 e. The molecule has 2 aromatic rings. The van der Waals surface area contributed by atoms with Crippen LogP contribution in [0, 0.1) is 15.5 Å². The Labute approximate surface area is 209 Å². The fourth-order valence-corrected chi connectivity index (χ4v) is 4.04. The molecule has 0 saturated heterocycles. The molecule has 1 N–H and O–H groups in total. The van der Waals surface area contributed by atoms with Gasteiger partial charge in [0, 0.05) is 23.1 Å². The number of aliphatic hydroxyl groups excluding tert-OH is 1. The molecule has 0 saturated carbocycles. The second kappa shape index (κ2) is 11.1. The van der Waals surface area contributed by atoms with Crippen LogP contribution in [0.15, 0.2) is 30.3 Å². The van der Waals surface area contributed by atoms with E-state index in [-0.39, 0.29) is 34.3 Å². The standard InChI is InChI=1S/C21H20ClF3NO7PS/c1-4-11-7-14(26(29)30)17(34(31)33-19(28)18(27)20(2,3)10-35)9-16(11)32-15-6-5-12(8-13(15)22)21(23,24)25/h5-9,18,27H,4,10H2,1-3H3/p+1. The van der Waals surface area contributed by atoms with Gasteiger partial charge < -0.3 is 9.84 Å². The summed E-state index contributed by atoms with van der Waals surface area (Å²) in [5.74, 6) is -1.47. The first-order chi connectivity index (χ1) is 16.1. The average molecular weight is 555 g/mol. The minimum atomic E-state index is -4.63. The number of aryl methyl sites for hydroxylation is 1. The van der Waals surface area contributed by atoms with Crippen LogP contribution in [-0.2, 0) is 26.5 Å². The Morgan fingerprint density at radius 1 is 1.26 bits per heavy atom. The van der Waals surface area contributed by atoms with E-state index in [0.717, 1.165) is 24.3 Å². The molecule has 14 heteroatoms. The Hall–Kier alpha value is -2.40. The number of benzene rings is 2. The minimum absolute atomic E-state index is 0.0806. The van der Waals surface area contributed by atoms with Gasteiger partial charge in [0.15, 0.2) is 6.10 Å². The lowest BCUT2D eigenvalue weighted by Crippen LogP contribution is -2.38. The SMILES string of the molecule is CCc1cc([N+](=O)[O-])c([P+](=O)OC(=O)C(O)C(C)(C)CS)cc1Oc1ccc(C(F)(F)F)cc1Cl. The third-order valence-electron chi connectivity index (χ3n) is 4.95. The van der Waals surface area contributed by atoms with Crippen molar-refractivity contribution in [2.45, 2.75) is 39.5 Å². The Kier molecular flexibility index (Phi) is 9.16. The van der Waals surface area contributed by atoms with Crippen molar-refractivity contribution in [3.63, 3.8) is 0 Å². The van der Waals surface area contributed by atoms with E-state index in [0.29, 0.717) is 6.07 Å². The summed E-state index contributed by atoms with van der Waals surface area (Å²) in [6.07, 6.45) is -6.15. The van der Waals surface area contributed by atoms with E-state index in [9.17, 15) is 37.8 Å².